The van der Waals surface area contributed by atoms with Crippen molar-refractivity contribution in [3.63, 3.8) is 0 Å². The third-order valence-electron chi connectivity index (χ3n) is 5.14. The van der Waals surface area contributed by atoms with Crippen LogP contribution in [-0.2, 0) is 11.2 Å². The lowest BCUT2D eigenvalue weighted by molar-refractivity contribution is -0.122. The van der Waals surface area contributed by atoms with E-state index in [1.165, 1.54) is 32.1 Å². The zero-order chi connectivity index (χ0) is 18.0. The largest absolute Gasteiger partial charge is 0.469 e. The number of hydrogen-bond acceptors (Lipinski definition) is 3. The maximum absolute atomic E-state index is 11.7. The Hall–Kier alpha value is -1.25. The molecule has 1 heterocycles. The molecular formula is C20H33IN4O2. The summed E-state index contributed by atoms with van der Waals surface area (Å²) in [4.78, 5) is 16.5. The van der Waals surface area contributed by atoms with Crippen LogP contribution in [0, 0.1) is 11.8 Å². The van der Waals surface area contributed by atoms with Gasteiger partial charge in [0.15, 0.2) is 5.96 Å². The van der Waals surface area contributed by atoms with Gasteiger partial charge >= 0.3 is 0 Å². The fraction of sp³-hybridized carbons (Fsp3) is 0.700. The number of nitrogens with one attached hydrogen (secondary N) is 3. The van der Waals surface area contributed by atoms with Crippen LogP contribution in [0.5, 0.6) is 0 Å². The van der Waals surface area contributed by atoms with Crippen LogP contribution in [0.15, 0.2) is 27.8 Å². The summed E-state index contributed by atoms with van der Waals surface area (Å²) in [5.74, 6) is 2.98. The molecule has 0 aliphatic heterocycles. The topological polar surface area (TPSA) is 78.7 Å². The second kappa shape index (κ2) is 12.3. The van der Waals surface area contributed by atoms with E-state index in [4.69, 9.17) is 9.41 Å². The van der Waals surface area contributed by atoms with E-state index >= 15 is 0 Å². The molecule has 0 bridgehead atoms. The number of guanidine groups is 1. The predicted molar refractivity (Wildman–Crippen MR) is 118 cm³/mol. The average molecular weight is 488 g/mol. The van der Waals surface area contributed by atoms with Crippen LogP contribution in [0.4, 0.5) is 0 Å². The molecule has 152 valence electrons. The first-order valence-electron chi connectivity index (χ1n) is 10.1. The zero-order valence-corrected chi connectivity index (χ0v) is 18.4. The fourth-order valence-electron chi connectivity index (χ4n) is 3.38. The van der Waals surface area contributed by atoms with Crippen molar-refractivity contribution in [2.45, 2.75) is 51.4 Å². The summed E-state index contributed by atoms with van der Waals surface area (Å²) in [6, 6.07) is 3.90. The average Bonchev–Trinajstić information content (AvgIpc) is 3.40. The number of carbonyl (C=O) groups is 1. The molecule has 2 fully saturated rings. The van der Waals surface area contributed by atoms with E-state index < -0.39 is 0 Å². The summed E-state index contributed by atoms with van der Waals surface area (Å²) >= 11 is 0. The normalized spacial score (nSPS) is 17.9. The van der Waals surface area contributed by atoms with E-state index in [2.05, 4.69) is 16.0 Å². The van der Waals surface area contributed by atoms with Crippen LogP contribution in [0.25, 0.3) is 0 Å². The summed E-state index contributed by atoms with van der Waals surface area (Å²) < 4.78 is 5.38. The molecule has 27 heavy (non-hydrogen) atoms. The first-order chi connectivity index (χ1) is 12.8. The van der Waals surface area contributed by atoms with E-state index in [-0.39, 0.29) is 35.8 Å². The highest BCUT2D eigenvalue weighted by Gasteiger charge is 2.28. The van der Waals surface area contributed by atoms with Crippen LogP contribution in [0.2, 0.25) is 0 Å². The molecule has 3 N–H and O–H groups in total. The fourth-order valence-corrected chi connectivity index (χ4v) is 3.38. The Morgan fingerprint density at radius 2 is 1.78 bits per heavy atom. The van der Waals surface area contributed by atoms with Crippen molar-refractivity contribution in [2.24, 2.45) is 16.8 Å². The second-order valence-corrected chi connectivity index (χ2v) is 7.44. The summed E-state index contributed by atoms with van der Waals surface area (Å²) in [6.45, 7) is 2.98. The Morgan fingerprint density at radius 3 is 2.48 bits per heavy atom. The molecule has 3 rings (SSSR count). The smallest absolute Gasteiger partial charge is 0.223 e. The van der Waals surface area contributed by atoms with Crippen molar-refractivity contribution in [1.82, 2.24) is 16.0 Å². The molecule has 0 saturated heterocycles. The van der Waals surface area contributed by atoms with Gasteiger partial charge in [-0.3, -0.25) is 9.79 Å². The van der Waals surface area contributed by atoms with Crippen molar-refractivity contribution in [1.29, 1.82) is 0 Å². The van der Waals surface area contributed by atoms with Gasteiger partial charge < -0.3 is 20.4 Å². The summed E-state index contributed by atoms with van der Waals surface area (Å²) in [6.07, 6.45) is 11.2. The monoisotopic (exact) mass is 488 g/mol. The number of halogens is 1. The Bertz CT molecular complexity index is 567. The van der Waals surface area contributed by atoms with E-state index in [0.29, 0.717) is 19.0 Å². The summed E-state index contributed by atoms with van der Waals surface area (Å²) in [5, 5.41) is 9.72. The quantitative estimate of drug-likeness (QED) is 0.216. The third-order valence-corrected chi connectivity index (χ3v) is 5.14. The minimum absolute atomic E-state index is 0. The van der Waals surface area contributed by atoms with Crippen molar-refractivity contribution < 1.29 is 9.21 Å². The molecule has 2 aliphatic carbocycles. The number of aliphatic imine (C=N–C) groups is 1. The second-order valence-electron chi connectivity index (χ2n) is 7.44. The van der Waals surface area contributed by atoms with Gasteiger partial charge in [0.25, 0.3) is 0 Å². The number of carbonyl (C=O) groups excluding carboxylic acids is 1. The van der Waals surface area contributed by atoms with Gasteiger partial charge in [0.05, 0.1) is 6.26 Å². The molecule has 0 unspecified atom stereocenters. The molecular weight excluding hydrogens is 455 g/mol. The van der Waals surface area contributed by atoms with Gasteiger partial charge in [-0.2, -0.15) is 0 Å². The van der Waals surface area contributed by atoms with Gasteiger partial charge in [0, 0.05) is 38.5 Å². The third kappa shape index (κ3) is 8.53. The SMILES string of the molecule is I.O=C(NCCNC(=NCC1CCCCC1)NCCc1ccco1)C1CC1. The molecule has 7 heteroatoms. The van der Waals surface area contributed by atoms with Gasteiger partial charge in [-0.25, -0.2) is 0 Å². The van der Waals surface area contributed by atoms with E-state index in [1.54, 1.807) is 6.26 Å². The molecule has 1 amide bonds. The lowest BCUT2D eigenvalue weighted by atomic mass is 9.89. The summed E-state index contributed by atoms with van der Waals surface area (Å²) in [7, 11) is 0. The van der Waals surface area contributed by atoms with E-state index in [0.717, 1.165) is 44.1 Å². The minimum Gasteiger partial charge on any atom is -0.469 e. The van der Waals surface area contributed by atoms with Crippen molar-refractivity contribution >= 4 is 35.8 Å². The van der Waals surface area contributed by atoms with Crippen molar-refractivity contribution in [3.05, 3.63) is 24.2 Å². The first-order valence-corrected chi connectivity index (χ1v) is 10.1. The van der Waals surface area contributed by atoms with E-state index in [9.17, 15) is 4.79 Å². The van der Waals surface area contributed by atoms with Crippen LogP contribution in [0.1, 0.15) is 50.7 Å². The molecule has 6 nitrogen and oxygen atoms in total. The number of furan rings is 1. The maximum atomic E-state index is 11.7. The molecule has 0 spiro atoms. The Morgan fingerprint density at radius 1 is 1.04 bits per heavy atom. The zero-order valence-electron chi connectivity index (χ0n) is 16.0. The highest BCUT2D eigenvalue weighted by molar-refractivity contribution is 14.0. The van der Waals surface area contributed by atoms with Crippen LogP contribution in [-0.4, -0.2) is 38.0 Å². The Kier molecular flexibility index (Phi) is 10.0. The number of nitrogens with zero attached hydrogens (tertiary/aromatic N) is 1. The van der Waals surface area contributed by atoms with Crippen LogP contribution in [0.3, 0.4) is 0 Å². The molecule has 1 aromatic heterocycles. The lowest BCUT2D eigenvalue weighted by Crippen LogP contribution is -2.42. The Balaban J connectivity index is 0.00000261. The first kappa shape index (κ1) is 22.0. The van der Waals surface area contributed by atoms with Crippen molar-refractivity contribution in [2.75, 3.05) is 26.2 Å². The van der Waals surface area contributed by atoms with Crippen molar-refractivity contribution in [3.8, 4) is 0 Å². The summed E-state index contributed by atoms with van der Waals surface area (Å²) in [5.41, 5.74) is 0. The number of hydrogen-bond donors (Lipinski definition) is 3. The lowest BCUT2D eigenvalue weighted by Gasteiger charge is -2.20. The molecule has 0 radical (unpaired) electrons. The predicted octanol–water partition coefficient (Wildman–Crippen LogP) is 3.08. The Labute approximate surface area is 179 Å². The van der Waals surface area contributed by atoms with Crippen LogP contribution < -0.4 is 16.0 Å². The van der Waals surface area contributed by atoms with Gasteiger partial charge in [-0.05, 0) is 43.7 Å². The molecule has 0 aromatic carbocycles. The van der Waals surface area contributed by atoms with E-state index in [1.807, 2.05) is 12.1 Å². The number of amides is 1. The van der Waals surface area contributed by atoms with Gasteiger partial charge in [0.2, 0.25) is 5.91 Å². The van der Waals surface area contributed by atoms with Gasteiger partial charge in [0.1, 0.15) is 5.76 Å². The molecule has 0 atom stereocenters. The molecule has 2 aliphatic rings. The van der Waals surface area contributed by atoms with Crippen LogP contribution >= 0.6 is 24.0 Å². The van der Waals surface area contributed by atoms with Gasteiger partial charge in [-0.1, -0.05) is 19.3 Å². The maximum Gasteiger partial charge on any atom is 0.223 e. The highest BCUT2D eigenvalue weighted by Crippen LogP contribution is 2.28. The highest BCUT2D eigenvalue weighted by atomic mass is 127. The minimum atomic E-state index is 0. The molecule has 1 aromatic rings. The number of rotatable bonds is 9. The standard InChI is InChI=1S/C20H32N4O2.HI/c25-19(17-8-9-17)21-12-13-23-20(22-11-10-18-7-4-14-26-18)24-15-16-5-2-1-3-6-16;/h4,7,14,16-17H,1-3,5-6,8-13,15H2,(H,21,25)(H2,22,23,24);1H. The molecule has 2 saturated carbocycles. The van der Waals surface area contributed by atoms with Gasteiger partial charge in [-0.15, -0.1) is 24.0 Å².